The summed E-state index contributed by atoms with van der Waals surface area (Å²) in [6, 6.07) is 0.653. The quantitative estimate of drug-likeness (QED) is 0.221. The van der Waals surface area contributed by atoms with Crippen LogP contribution in [0.2, 0.25) is 12.6 Å². The van der Waals surface area contributed by atoms with Crippen molar-refractivity contribution in [2.75, 3.05) is 46.2 Å². The lowest BCUT2D eigenvalue weighted by molar-refractivity contribution is -0.333. The number of nitrogens with zero attached hydrogens (tertiary/aromatic N) is 2. The summed E-state index contributed by atoms with van der Waals surface area (Å²) >= 11 is 0. The number of rotatable bonds is 14. The van der Waals surface area contributed by atoms with Crippen LogP contribution in [-0.2, 0) is 27.8 Å². The molecule has 13 heteroatoms. The number of ether oxygens (including phenoxy) is 4. The predicted octanol–water partition coefficient (Wildman–Crippen LogP) is 3.97. The third-order valence-electron chi connectivity index (χ3n) is 7.05. The number of aliphatic hydroxyl groups excluding tert-OH is 2. The molecule has 240 valence electrons. The van der Waals surface area contributed by atoms with E-state index in [-0.39, 0.29) is 69.6 Å². The molecule has 0 saturated carbocycles. The summed E-state index contributed by atoms with van der Waals surface area (Å²) in [5, 5.41) is 18.4. The highest BCUT2D eigenvalue weighted by Crippen LogP contribution is 2.37. The average molecular weight is 607 g/mol. The minimum Gasteiger partial charge on any atom is -0.447 e. The zero-order chi connectivity index (χ0) is 30.9. The van der Waals surface area contributed by atoms with Crippen LogP contribution in [0.3, 0.4) is 0 Å². The van der Waals surface area contributed by atoms with E-state index < -0.39 is 26.5 Å². The molecule has 2 rings (SSSR count). The van der Waals surface area contributed by atoms with Gasteiger partial charge in [0.25, 0.3) is 0 Å². The minimum absolute atomic E-state index is 0.0299. The summed E-state index contributed by atoms with van der Waals surface area (Å²) in [5.74, 6) is -0.813. The molecule has 0 aromatic carbocycles. The van der Waals surface area contributed by atoms with Crippen LogP contribution in [0.4, 0.5) is 9.59 Å². The van der Waals surface area contributed by atoms with Gasteiger partial charge in [-0.2, -0.15) is 0 Å². The number of amides is 2. The van der Waals surface area contributed by atoms with Crippen LogP contribution in [0, 0.1) is 0 Å². The molecule has 0 radical (unpaired) electrons. The Morgan fingerprint density at radius 2 is 1.41 bits per heavy atom. The molecule has 2 fully saturated rings. The first kappa shape index (κ1) is 35.7. The van der Waals surface area contributed by atoms with Crippen molar-refractivity contribution in [3.63, 3.8) is 0 Å². The van der Waals surface area contributed by atoms with Crippen molar-refractivity contribution in [1.29, 1.82) is 0 Å². The highest BCUT2D eigenvalue weighted by Gasteiger charge is 2.44. The summed E-state index contributed by atoms with van der Waals surface area (Å²) in [7, 11) is -2.49. The van der Waals surface area contributed by atoms with E-state index in [0.29, 0.717) is 25.3 Å². The second-order valence-corrected chi connectivity index (χ2v) is 16.0. The molecule has 2 amide bonds. The Balaban J connectivity index is 2.09. The number of aliphatic hydroxyl groups is 2. The molecule has 0 aliphatic carbocycles. The van der Waals surface area contributed by atoms with Crippen molar-refractivity contribution in [3.05, 3.63) is 0 Å². The van der Waals surface area contributed by atoms with E-state index >= 15 is 0 Å². The van der Waals surface area contributed by atoms with Crippen molar-refractivity contribution in [3.8, 4) is 0 Å². The predicted molar refractivity (Wildman–Crippen MR) is 154 cm³/mol. The molecule has 0 spiro atoms. The Morgan fingerprint density at radius 3 is 1.93 bits per heavy atom. The summed E-state index contributed by atoms with van der Waals surface area (Å²) in [6.45, 7) is 15.7. The maximum absolute atomic E-state index is 13.0. The fourth-order valence-corrected chi connectivity index (χ4v) is 9.37. The molecular weight excluding hydrogens is 552 g/mol. The van der Waals surface area contributed by atoms with Crippen LogP contribution in [0.5, 0.6) is 0 Å². The Bertz CT molecular complexity index is 781. The van der Waals surface area contributed by atoms with Crippen molar-refractivity contribution in [1.82, 2.24) is 9.80 Å². The summed E-state index contributed by atoms with van der Waals surface area (Å²) in [4.78, 5) is 28.7. The highest BCUT2D eigenvalue weighted by atomic mass is 28.4. The third-order valence-corrected chi connectivity index (χ3v) is 10.2. The van der Waals surface area contributed by atoms with E-state index in [0.717, 1.165) is 12.8 Å². The van der Waals surface area contributed by atoms with Crippen molar-refractivity contribution >= 4 is 20.7 Å². The molecule has 2 N–H and O–H groups in total. The largest absolute Gasteiger partial charge is 0.447 e. The van der Waals surface area contributed by atoms with E-state index in [9.17, 15) is 19.8 Å². The molecule has 2 aliphatic rings. The normalized spacial score (nSPS) is 29.0. The SMILES string of the molecule is CC1CC(C)(C)OC(C)(CCCN(CN(CCC[Si]2(C)OC(C)CC(C)(C)O2)C(=O)OCCO)C(=O)OCCO)O1. The molecule has 2 saturated heterocycles. The van der Waals surface area contributed by atoms with Gasteiger partial charge in [0.15, 0.2) is 5.79 Å². The van der Waals surface area contributed by atoms with Crippen molar-refractivity contribution in [2.24, 2.45) is 0 Å². The Kier molecular flexibility index (Phi) is 13.3. The molecule has 2 heterocycles. The maximum atomic E-state index is 13.0. The van der Waals surface area contributed by atoms with Gasteiger partial charge in [-0.3, -0.25) is 9.80 Å². The van der Waals surface area contributed by atoms with Gasteiger partial charge in [-0.1, -0.05) is 0 Å². The van der Waals surface area contributed by atoms with E-state index in [2.05, 4.69) is 20.8 Å². The highest BCUT2D eigenvalue weighted by molar-refractivity contribution is 6.66. The van der Waals surface area contributed by atoms with E-state index in [1.807, 2.05) is 34.2 Å². The van der Waals surface area contributed by atoms with Gasteiger partial charge in [-0.05, 0) is 80.3 Å². The van der Waals surface area contributed by atoms with Crippen molar-refractivity contribution < 1.29 is 47.6 Å². The zero-order valence-electron chi connectivity index (χ0n) is 26.4. The molecule has 0 aromatic rings. The summed E-state index contributed by atoms with van der Waals surface area (Å²) in [5.41, 5.74) is -0.612. The third kappa shape index (κ3) is 12.3. The van der Waals surface area contributed by atoms with E-state index in [4.69, 9.17) is 27.8 Å². The lowest BCUT2D eigenvalue weighted by Crippen LogP contribution is -2.54. The first-order valence-corrected chi connectivity index (χ1v) is 17.3. The molecule has 2 aliphatic heterocycles. The van der Waals surface area contributed by atoms with Gasteiger partial charge < -0.3 is 38.0 Å². The fraction of sp³-hybridized carbons (Fsp3) is 0.929. The molecule has 0 aromatic heterocycles. The van der Waals surface area contributed by atoms with Gasteiger partial charge >= 0.3 is 20.7 Å². The number of carbonyl (C=O) groups is 2. The van der Waals surface area contributed by atoms with Gasteiger partial charge in [0, 0.05) is 32.0 Å². The van der Waals surface area contributed by atoms with Crippen LogP contribution in [0.15, 0.2) is 0 Å². The Hall–Kier alpha value is -1.48. The van der Waals surface area contributed by atoms with Gasteiger partial charge in [0.1, 0.15) is 19.9 Å². The standard InChI is InChI=1S/C28H54N2O10Si/c1-22-19-26(3,4)39-28(7,37-22)11-9-12-29(24(33)35-16-14-31)21-30(25(34)36-17-15-32)13-10-18-41(8)38-23(2)20-27(5,6)40-41/h22-23,31-32H,9-21H2,1-8H3. The van der Waals surface area contributed by atoms with Gasteiger partial charge in [0.2, 0.25) is 0 Å². The average Bonchev–Trinajstić information content (AvgIpc) is 2.80. The van der Waals surface area contributed by atoms with E-state index in [1.54, 1.807) is 0 Å². The van der Waals surface area contributed by atoms with Crippen molar-refractivity contribution in [2.45, 2.75) is 122 Å². The van der Waals surface area contributed by atoms with Crippen LogP contribution < -0.4 is 0 Å². The van der Waals surface area contributed by atoms with E-state index in [1.165, 1.54) is 9.80 Å². The Morgan fingerprint density at radius 1 is 0.878 bits per heavy atom. The molecule has 4 atom stereocenters. The lowest BCUT2D eigenvalue weighted by atomic mass is 9.97. The Labute approximate surface area is 246 Å². The van der Waals surface area contributed by atoms with Crippen LogP contribution in [0.1, 0.15) is 80.6 Å². The second-order valence-electron chi connectivity index (χ2n) is 12.8. The van der Waals surface area contributed by atoms with Gasteiger partial charge in [-0.25, -0.2) is 9.59 Å². The fourth-order valence-electron chi connectivity index (χ4n) is 6.12. The molecule has 0 bridgehead atoms. The first-order valence-electron chi connectivity index (χ1n) is 14.8. The summed E-state index contributed by atoms with van der Waals surface area (Å²) < 4.78 is 35.3. The zero-order valence-corrected chi connectivity index (χ0v) is 27.4. The van der Waals surface area contributed by atoms with Crippen LogP contribution >= 0.6 is 0 Å². The minimum atomic E-state index is -2.49. The lowest BCUT2D eigenvalue weighted by Gasteiger charge is -2.46. The topological polar surface area (TPSA) is 136 Å². The van der Waals surface area contributed by atoms with Gasteiger partial charge in [-0.15, -0.1) is 0 Å². The van der Waals surface area contributed by atoms with Crippen LogP contribution in [0.25, 0.3) is 0 Å². The molecule has 41 heavy (non-hydrogen) atoms. The number of hydrogen-bond acceptors (Lipinski definition) is 10. The molecular formula is C28H54N2O10Si. The summed E-state index contributed by atoms with van der Waals surface area (Å²) in [6.07, 6.45) is 2.02. The molecule has 12 nitrogen and oxygen atoms in total. The monoisotopic (exact) mass is 606 g/mol. The van der Waals surface area contributed by atoms with Crippen LogP contribution in [-0.4, -0.2) is 116 Å². The van der Waals surface area contributed by atoms with Gasteiger partial charge in [0.05, 0.1) is 30.5 Å². The second kappa shape index (κ2) is 15.3. The number of hydrogen-bond donors (Lipinski definition) is 2. The smallest absolute Gasteiger partial charge is 0.411 e. The molecule has 4 unspecified atom stereocenters. The first-order chi connectivity index (χ1) is 19.0. The number of carbonyl (C=O) groups excluding carboxylic acids is 2. The maximum Gasteiger partial charge on any atom is 0.411 e.